The Labute approximate surface area is 180 Å². The van der Waals surface area contributed by atoms with Crippen LogP contribution in [0.1, 0.15) is 22.5 Å². The summed E-state index contributed by atoms with van der Waals surface area (Å²) in [5, 5.41) is 2.69. The zero-order valence-corrected chi connectivity index (χ0v) is 18.2. The van der Waals surface area contributed by atoms with Crippen molar-refractivity contribution in [3.8, 4) is 0 Å². The maximum absolute atomic E-state index is 13.7. The number of aryl methyl sites for hydroxylation is 1. The summed E-state index contributed by atoms with van der Waals surface area (Å²) < 4.78 is 47.6. The molecular weight excluding hydrogens is 423 g/mol. The summed E-state index contributed by atoms with van der Waals surface area (Å²) in [4.78, 5) is 17.7. The van der Waals surface area contributed by atoms with Crippen molar-refractivity contribution in [2.45, 2.75) is 18.7 Å². The van der Waals surface area contributed by atoms with Crippen LogP contribution < -0.4 is 10.0 Å². The molecule has 0 aliphatic carbocycles. The number of carbonyl (C=O) groups is 1. The van der Waals surface area contributed by atoms with E-state index in [1.807, 2.05) is 0 Å². The van der Waals surface area contributed by atoms with Crippen molar-refractivity contribution in [1.82, 2.24) is 14.6 Å². The molecule has 0 saturated carbocycles. The first-order chi connectivity index (χ1) is 14.8. The number of morpholine rings is 1. The van der Waals surface area contributed by atoms with Crippen LogP contribution in [0.15, 0.2) is 23.1 Å². The lowest BCUT2D eigenvalue weighted by molar-refractivity contribution is -0.110. The molecular formula is C21H25FN4O4S. The first-order valence-corrected chi connectivity index (χ1v) is 11.6. The van der Waals surface area contributed by atoms with Gasteiger partial charge in [-0.3, -0.25) is 9.69 Å². The number of rotatable bonds is 6. The Morgan fingerprint density at radius 3 is 2.74 bits per heavy atom. The van der Waals surface area contributed by atoms with E-state index in [1.54, 1.807) is 19.9 Å². The fourth-order valence-corrected chi connectivity index (χ4v) is 5.46. The Morgan fingerprint density at radius 2 is 2.00 bits per heavy atom. The van der Waals surface area contributed by atoms with Crippen molar-refractivity contribution in [1.29, 1.82) is 0 Å². The van der Waals surface area contributed by atoms with E-state index in [9.17, 15) is 17.6 Å². The predicted octanol–water partition coefficient (Wildman–Crippen LogP) is 1.87. The molecule has 0 atom stereocenters. The topological polar surface area (TPSA) is 104 Å². The second kappa shape index (κ2) is 8.54. The van der Waals surface area contributed by atoms with Gasteiger partial charge in [0.05, 0.1) is 18.8 Å². The van der Waals surface area contributed by atoms with Gasteiger partial charge in [-0.05, 0) is 43.7 Å². The predicted molar refractivity (Wildman–Crippen MR) is 116 cm³/mol. The molecule has 0 radical (unpaired) electrons. The van der Waals surface area contributed by atoms with Crippen LogP contribution in [0.4, 0.5) is 10.1 Å². The summed E-state index contributed by atoms with van der Waals surface area (Å²) in [5.41, 5.74) is 2.72. The lowest BCUT2D eigenvalue weighted by atomic mass is 10.1. The van der Waals surface area contributed by atoms with Crippen molar-refractivity contribution in [2.75, 3.05) is 44.7 Å². The van der Waals surface area contributed by atoms with Gasteiger partial charge < -0.3 is 15.0 Å². The first-order valence-electron chi connectivity index (χ1n) is 10.1. The molecule has 1 fully saturated rings. The molecule has 166 valence electrons. The highest BCUT2D eigenvalue weighted by Crippen LogP contribution is 2.35. The number of halogens is 1. The van der Waals surface area contributed by atoms with Crippen LogP contribution in [0.2, 0.25) is 0 Å². The molecule has 3 heterocycles. The van der Waals surface area contributed by atoms with Crippen molar-refractivity contribution in [2.24, 2.45) is 0 Å². The van der Waals surface area contributed by atoms with Crippen LogP contribution in [0.25, 0.3) is 11.6 Å². The quantitative estimate of drug-likeness (QED) is 0.586. The lowest BCUT2D eigenvalue weighted by Crippen LogP contribution is -2.41. The van der Waals surface area contributed by atoms with Gasteiger partial charge in [-0.2, -0.15) is 0 Å². The number of hydrogen-bond donors (Lipinski definition) is 3. The number of nitrogens with zero attached hydrogens (tertiary/aromatic N) is 1. The Morgan fingerprint density at radius 1 is 1.26 bits per heavy atom. The first kappa shape index (κ1) is 21.7. The average Bonchev–Trinajstić information content (AvgIpc) is 3.18. The van der Waals surface area contributed by atoms with E-state index in [2.05, 4.69) is 19.9 Å². The fraction of sp³-hybridized carbons (Fsp3) is 0.381. The number of benzene rings is 1. The number of fused-ring (bicyclic) bond motifs is 1. The minimum atomic E-state index is -3.74. The number of amides is 1. The number of anilines is 1. The van der Waals surface area contributed by atoms with Crippen molar-refractivity contribution < 1.29 is 22.3 Å². The van der Waals surface area contributed by atoms with E-state index in [-0.39, 0.29) is 22.9 Å². The minimum Gasteiger partial charge on any atom is -0.379 e. The average molecular weight is 449 g/mol. The molecule has 2 aromatic rings. The molecule has 4 rings (SSSR count). The third-order valence-corrected chi connectivity index (χ3v) is 7.29. The zero-order chi connectivity index (χ0) is 22.2. The van der Waals surface area contributed by atoms with E-state index in [4.69, 9.17) is 4.74 Å². The third kappa shape index (κ3) is 4.42. The highest BCUT2D eigenvalue weighted by atomic mass is 32.2. The minimum absolute atomic E-state index is 0.166. The van der Waals surface area contributed by atoms with Crippen molar-refractivity contribution >= 4 is 33.3 Å². The zero-order valence-electron chi connectivity index (χ0n) is 17.4. The summed E-state index contributed by atoms with van der Waals surface area (Å²) >= 11 is 0. The highest BCUT2D eigenvalue weighted by Gasteiger charge is 2.27. The largest absolute Gasteiger partial charge is 0.379 e. The molecule has 1 saturated heterocycles. The van der Waals surface area contributed by atoms with Crippen LogP contribution >= 0.6 is 0 Å². The maximum atomic E-state index is 13.7. The van der Waals surface area contributed by atoms with Crippen molar-refractivity contribution in [3.63, 3.8) is 0 Å². The molecule has 8 nitrogen and oxygen atoms in total. The van der Waals surface area contributed by atoms with Gasteiger partial charge in [0.1, 0.15) is 10.7 Å². The monoisotopic (exact) mass is 448 g/mol. The Bertz CT molecular complexity index is 1150. The van der Waals surface area contributed by atoms with Gasteiger partial charge in [-0.25, -0.2) is 17.5 Å². The van der Waals surface area contributed by atoms with Crippen LogP contribution in [-0.4, -0.2) is 63.6 Å². The number of sulfonamides is 1. The van der Waals surface area contributed by atoms with E-state index >= 15 is 0 Å². The van der Waals surface area contributed by atoms with Gasteiger partial charge in [-0.15, -0.1) is 0 Å². The van der Waals surface area contributed by atoms with Crippen LogP contribution in [0, 0.1) is 19.7 Å². The number of hydrogen-bond acceptors (Lipinski definition) is 5. The number of aromatic amines is 1. The Balaban J connectivity index is 1.57. The standard InChI is InChI=1S/C21H25FN4O4S/c1-13-19(12-17-16-11-15(22)3-4-18(16)25-21(17)27)24-14(2)20(13)31(28,29)23-5-6-26-7-9-30-10-8-26/h3-4,11-12,23-24H,5-10H2,1-2H3,(H,25,27). The van der Waals surface area contributed by atoms with Gasteiger partial charge in [-0.1, -0.05) is 0 Å². The molecule has 2 aliphatic rings. The molecule has 0 spiro atoms. The van der Waals surface area contributed by atoms with Crippen LogP contribution in [0.3, 0.4) is 0 Å². The van der Waals surface area contributed by atoms with Gasteiger partial charge in [0.15, 0.2) is 0 Å². The summed E-state index contributed by atoms with van der Waals surface area (Å²) in [6.45, 7) is 7.13. The molecule has 0 unspecified atom stereocenters. The summed E-state index contributed by atoms with van der Waals surface area (Å²) in [6.07, 6.45) is 1.57. The smallest absolute Gasteiger partial charge is 0.256 e. The van der Waals surface area contributed by atoms with Crippen LogP contribution in [0.5, 0.6) is 0 Å². The van der Waals surface area contributed by atoms with E-state index in [0.29, 0.717) is 48.0 Å². The molecule has 1 aromatic heterocycles. The van der Waals surface area contributed by atoms with E-state index < -0.39 is 15.8 Å². The normalized spacial score (nSPS) is 18.4. The molecule has 1 amide bonds. The third-order valence-electron chi connectivity index (χ3n) is 5.55. The molecule has 2 aliphatic heterocycles. The lowest BCUT2D eigenvalue weighted by Gasteiger charge is -2.26. The maximum Gasteiger partial charge on any atom is 0.256 e. The number of nitrogens with one attached hydrogen (secondary N) is 3. The Kier molecular flexibility index (Phi) is 5.98. The molecule has 0 bridgehead atoms. The number of aromatic nitrogens is 1. The van der Waals surface area contributed by atoms with Gasteiger partial charge in [0.25, 0.3) is 5.91 Å². The van der Waals surface area contributed by atoms with Gasteiger partial charge >= 0.3 is 0 Å². The van der Waals surface area contributed by atoms with Crippen molar-refractivity contribution in [3.05, 3.63) is 46.5 Å². The SMILES string of the molecule is Cc1[nH]c(C=C2C(=O)Nc3ccc(F)cc32)c(C)c1S(=O)(=O)NCCN1CCOCC1. The number of ether oxygens (including phenoxy) is 1. The van der Waals surface area contributed by atoms with Gasteiger partial charge in [0.2, 0.25) is 10.0 Å². The summed E-state index contributed by atoms with van der Waals surface area (Å²) in [5.74, 6) is -0.812. The second-order valence-corrected chi connectivity index (χ2v) is 9.38. The fourth-order valence-electron chi connectivity index (χ4n) is 3.99. The highest BCUT2D eigenvalue weighted by molar-refractivity contribution is 7.89. The summed E-state index contributed by atoms with van der Waals surface area (Å²) in [6, 6.07) is 4.07. The molecule has 10 heteroatoms. The van der Waals surface area contributed by atoms with Gasteiger partial charge in [0, 0.05) is 48.8 Å². The second-order valence-electron chi connectivity index (χ2n) is 7.67. The number of H-pyrrole nitrogens is 1. The number of carbonyl (C=O) groups excluding carboxylic acids is 1. The molecule has 3 N–H and O–H groups in total. The summed E-state index contributed by atoms with van der Waals surface area (Å²) in [7, 11) is -3.74. The molecule has 1 aromatic carbocycles. The van der Waals surface area contributed by atoms with E-state index in [1.165, 1.54) is 18.2 Å². The van der Waals surface area contributed by atoms with Crippen LogP contribution in [-0.2, 0) is 19.6 Å². The van der Waals surface area contributed by atoms with E-state index in [0.717, 1.165) is 13.1 Å². The molecule has 31 heavy (non-hydrogen) atoms. The Hall–Kier alpha value is -2.53.